The van der Waals surface area contributed by atoms with Crippen LogP contribution in [0.2, 0.25) is 10.0 Å². The normalized spacial score (nSPS) is 10.4. The van der Waals surface area contributed by atoms with E-state index in [2.05, 4.69) is 0 Å². The molecule has 2 aromatic carbocycles. The molecule has 0 saturated heterocycles. The lowest BCUT2D eigenvalue weighted by Gasteiger charge is -2.17. The van der Waals surface area contributed by atoms with Crippen LogP contribution in [0.3, 0.4) is 0 Å². The largest absolute Gasteiger partial charge is 0.422 e. The molecular formula is C17H14Cl2O4. The summed E-state index contributed by atoms with van der Waals surface area (Å²) in [6.45, 7) is 1.73. The van der Waals surface area contributed by atoms with Crippen molar-refractivity contribution in [2.45, 2.75) is 19.6 Å². The molecule has 0 spiro atoms. The van der Waals surface area contributed by atoms with E-state index >= 15 is 0 Å². The van der Waals surface area contributed by atoms with Gasteiger partial charge >= 0.3 is 11.9 Å². The van der Waals surface area contributed by atoms with Crippen LogP contribution in [0.15, 0.2) is 48.5 Å². The molecule has 0 aliphatic rings. The third-order valence-electron chi connectivity index (χ3n) is 3.00. The Morgan fingerprint density at radius 3 is 1.61 bits per heavy atom. The van der Waals surface area contributed by atoms with Crippen LogP contribution < -0.4 is 0 Å². The SMILES string of the molecule is CCC(OC(=O)c1ccccc1Cl)OC(=O)c1ccccc1Cl. The summed E-state index contributed by atoms with van der Waals surface area (Å²) in [5.41, 5.74) is 0.419. The van der Waals surface area contributed by atoms with Gasteiger partial charge in [0.2, 0.25) is 6.29 Å². The lowest BCUT2D eigenvalue weighted by molar-refractivity contribution is -0.0806. The van der Waals surface area contributed by atoms with Gasteiger partial charge in [-0.3, -0.25) is 0 Å². The van der Waals surface area contributed by atoms with Gasteiger partial charge in [0.15, 0.2) is 0 Å². The van der Waals surface area contributed by atoms with Crippen molar-refractivity contribution in [3.05, 3.63) is 69.7 Å². The first-order valence-electron chi connectivity index (χ1n) is 6.94. The summed E-state index contributed by atoms with van der Waals surface area (Å²) in [6, 6.07) is 13.0. The molecule has 0 unspecified atom stereocenters. The second-order valence-electron chi connectivity index (χ2n) is 4.61. The van der Waals surface area contributed by atoms with Gasteiger partial charge in [0.05, 0.1) is 21.2 Å². The number of benzene rings is 2. The molecule has 4 nitrogen and oxygen atoms in total. The van der Waals surface area contributed by atoms with E-state index in [0.717, 1.165) is 0 Å². The molecule has 2 aromatic rings. The van der Waals surface area contributed by atoms with Crippen molar-refractivity contribution in [2.75, 3.05) is 0 Å². The summed E-state index contributed by atoms with van der Waals surface area (Å²) in [5, 5.41) is 0.537. The minimum atomic E-state index is -1.03. The van der Waals surface area contributed by atoms with Crippen LogP contribution in [0, 0.1) is 0 Å². The summed E-state index contributed by atoms with van der Waals surface area (Å²) < 4.78 is 10.4. The standard InChI is InChI=1S/C17H14Cl2O4/c1-2-15(22-16(20)11-7-3-5-9-13(11)18)23-17(21)12-8-4-6-10-14(12)19/h3-10,15H,2H2,1H3. The van der Waals surface area contributed by atoms with E-state index in [-0.39, 0.29) is 21.2 Å². The highest BCUT2D eigenvalue weighted by Gasteiger charge is 2.21. The minimum absolute atomic E-state index is 0.210. The number of halogens is 2. The van der Waals surface area contributed by atoms with Gasteiger partial charge in [-0.05, 0) is 24.3 Å². The molecule has 120 valence electrons. The molecule has 23 heavy (non-hydrogen) atoms. The highest BCUT2D eigenvalue weighted by molar-refractivity contribution is 6.34. The first kappa shape index (κ1) is 17.3. The quantitative estimate of drug-likeness (QED) is 0.575. The number of hydrogen-bond acceptors (Lipinski definition) is 4. The van der Waals surface area contributed by atoms with Crippen molar-refractivity contribution < 1.29 is 19.1 Å². The summed E-state index contributed by atoms with van der Waals surface area (Å²) in [7, 11) is 0. The third kappa shape index (κ3) is 4.47. The Labute approximate surface area is 143 Å². The first-order valence-corrected chi connectivity index (χ1v) is 7.69. The van der Waals surface area contributed by atoms with E-state index in [1.54, 1.807) is 43.3 Å². The molecule has 0 atom stereocenters. The molecule has 0 aliphatic heterocycles. The fourth-order valence-electron chi connectivity index (χ4n) is 1.81. The number of carbonyl (C=O) groups is 2. The summed E-state index contributed by atoms with van der Waals surface area (Å²) in [6.07, 6.45) is -0.727. The van der Waals surface area contributed by atoms with Crippen molar-refractivity contribution >= 4 is 35.1 Å². The lowest BCUT2D eigenvalue weighted by Crippen LogP contribution is -2.24. The van der Waals surface area contributed by atoms with E-state index in [1.165, 1.54) is 12.1 Å². The average Bonchev–Trinajstić information content (AvgIpc) is 2.54. The van der Waals surface area contributed by atoms with Gasteiger partial charge in [0, 0.05) is 6.42 Å². The van der Waals surface area contributed by atoms with Crippen LogP contribution in [0.25, 0.3) is 0 Å². The van der Waals surface area contributed by atoms with Crippen LogP contribution in [-0.2, 0) is 9.47 Å². The molecule has 0 radical (unpaired) electrons. The van der Waals surface area contributed by atoms with Gasteiger partial charge in [-0.1, -0.05) is 54.4 Å². The molecule has 6 heteroatoms. The molecule has 0 aliphatic carbocycles. The third-order valence-corrected chi connectivity index (χ3v) is 3.66. The topological polar surface area (TPSA) is 52.6 Å². The van der Waals surface area contributed by atoms with Gasteiger partial charge in [-0.25, -0.2) is 9.59 Å². The van der Waals surface area contributed by atoms with E-state index in [4.69, 9.17) is 32.7 Å². The van der Waals surface area contributed by atoms with Crippen molar-refractivity contribution in [2.24, 2.45) is 0 Å². The fraction of sp³-hybridized carbons (Fsp3) is 0.176. The molecule has 0 heterocycles. The second-order valence-corrected chi connectivity index (χ2v) is 5.42. The maximum absolute atomic E-state index is 12.1. The van der Waals surface area contributed by atoms with Gasteiger partial charge in [0.1, 0.15) is 0 Å². The predicted octanol–water partition coefficient (Wildman–Crippen LogP) is 4.74. The van der Waals surface area contributed by atoms with Crippen LogP contribution in [0.1, 0.15) is 34.1 Å². The highest BCUT2D eigenvalue weighted by Crippen LogP contribution is 2.20. The zero-order chi connectivity index (χ0) is 16.8. The Morgan fingerprint density at radius 2 is 1.26 bits per heavy atom. The number of esters is 2. The van der Waals surface area contributed by atoms with Crippen LogP contribution in [-0.4, -0.2) is 18.2 Å². The van der Waals surface area contributed by atoms with Crippen molar-refractivity contribution in [3.8, 4) is 0 Å². The number of ether oxygens (including phenoxy) is 2. The van der Waals surface area contributed by atoms with Crippen molar-refractivity contribution in [1.29, 1.82) is 0 Å². The van der Waals surface area contributed by atoms with Crippen LogP contribution in [0.4, 0.5) is 0 Å². The molecular weight excluding hydrogens is 339 g/mol. The van der Waals surface area contributed by atoms with Crippen LogP contribution in [0.5, 0.6) is 0 Å². The van der Waals surface area contributed by atoms with E-state index in [0.29, 0.717) is 6.42 Å². The zero-order valence-electron chi connectivity index (χ0n) is 12.3. The fourth-order valence-corrected chi connectivity index (χ4v) is 2.24. The highest BCUT2D eigenvalue weighted by atomic mass is 35.5. The zero-order valence-corrected chi connectivity index (χ0v) is 13.8. The Balaban J connectivity index is 2.06. The summed E-state index contributed by atoms with van der Waals surface area (Å²) in [4.78, 5) is 24.2. The summed E-state index contributed by atoms with van der Waals surface area (Å²) in [5.74, 6) is -1.32. The number of carbonyl (C=O) groups excluding carboxylic acids is 2. The Kier molecular flexibility index (Phi) is 6.02. The Bertz CT molecular complexity index is 656. The Morgan fingerprint density at radius 1 is 0.870 bits per heavy atom. The predicted molar refractivity (Wildman–Crippen MR) is 87.8 cm³/mol. The molecule has 2 rings (SSSR count). The monoisotopic (exact) mass is 352 g/mol. The first-order chi connectivity index (χ1) is 11.0. The smallest absolute Gasteiger partial charge is 0.342 e. The van der Waals surface area contributed by atoms with E-state index in [9.17, 15) is 9.59 Å². The molecule has 0 saturated carbocycles. The van der Waals surface area contributed by atoms with Gasteiger partial charge in [-0.2, -0.15) is 0 Å². The van der Waals surface area contributed by atoms with Gasteiger partial charge in [0.25, 0.3) is 0 Å². The maximum atomic E-state index is 12.1. The molecule has 0 bridgehead atoms. The molecule has 0 N–H and O–H groups in total. The Hall–Kier alpha value is -2.04. The number of hydrogen-bond donors (Lipinski definition) is 0. The van der Waals surface area contributed by atoms with Gasteiger partial charge < -0.3 is 9.47 Å². The number of rotatable bonds is 5. The van der Waals surface area contributed by atoms with Crippen molar-refractivity contribution in [3.63, 3.8) is 0 Å². The van der Waals surface area contributed by atoms with Gasteiger partial charge in [-0.15, -0.1) is 0 Å². The molecule has 0 amide bonds. The second kappa shape index (κ2) is 7.99. The molecule has 0 aromatic heterocycles. The maximum Gasteiger partial charge on any atom is 0.342 e. The molecule has 0 fully saturated rings. The average molecular weight is 353 g/mol. The minimum Gasteiger partial charge on any atom is -0.422 e. The van der Waals surface area contributed by atoms with Crippen molar-refractivity contribution in [1.82, 2.24) is 0 Å². The van der Waals surface area contributed by atoms with Crippen LogP contribution >= 0.6 is 23.2 Å². The summed E-state index contributed by atoms with van der Waals surface area (Å²) >= 11 is 11.9. The lowest BCUT2D eigenvalue weighted by atomic mass is 10.2. The van der Waals surface area contributed by atoms with E-state index < -0.39 is 18.2 Å². The van der Waals surface area contributed by atoms with E-state index in [1.807, 2.05) is 0 Å².